The van der Waals surface area contributed by atoms with Gasteiger partial charge in [-0.2, -0.15) is 0 Å². The van der Waals surface area contributed by atoms with Crippen LogP contribution in [0.2, 0.25) is 0 Å². The molecule has 0 unspecified atom stereocenters. The first-order chi connectivity index (χ1) is 15.6. The van der Waals surface area contributed by atoms with E-state index in [0.717, 1.165) is 0 Å². The zero-order valence-electron chi connectivity index (χ0n) is 17.5. The number of halogens is 1. The monoisotopic (exact) mass is 433 g/mol. The Morgan fingerprint density at radius 1 is 0.844 bits per heavy atom. The Morgan fingerprint density at radius 3 is 2.25 bits per heavy atom. The van der Waals surface area contributed by atoms with Gasteiger partial charge in [-0.05, 0) is 36.4 Å². The van der Waals surface area contributed by atoms with Crippen molar-refractivity contribution < 1.29 is 18.7 Å². The van der Waals surface area contributed by atoms with Gasteiger partial charge in [0.2, 0.25) is 5.91 Å². The largest absolute Gasteiger partial charge is 0.455 e. The molecule has 164 valence electrons. The Labute approximate surface area is 186 Å². The number of nitrogens with one attached hydrogen (secondary N) is 1. The molecule has 3 aromatic carbocycles. The summed E-state index contributed by atoms with van der Waals surface area (Å²) in [6, 6.07) is 22.6. The molecule has 6 nitrogen and oxygen atoms in total. The van der Waals surface area contributed by atoms with Crippen molar-refractivity contribution in [3.8, 4) is 11.5 Å². The predicted molar refractivity (Wildman–Crippen MR) is 120 cm³/mol. The highest BCUT2D eigenvalue weighted by atomic mass is 19.1. The molecule has 4 rings (SSSR count). The summed E-state index contributed by atoms with van der Waals surface area (Å²) < 4.78 is 19.8. The van der Waals surface area contributed by atoms with Crippen LogP contribution in [0.5, 0.6) is 11.5 Å². The van der Waals surface area contributed by atoms with Crippen LogP contribution in [0.25, 0.3) is 0 Å². The Kier molecular flexibility index (Phi) is 6.77. The molecule has 1 N–H and O–H groups in total. The third-order valence-electron chi connectivity index (χ3n) is 5.26. The van der Waals surface area contributed by atoms with Gasteiger partial charge in [-0.15, -0.1) is 0 Å². The van der Waals surface area contributed by atoms with E-state index in [0.29, 0.717) is 43.4 Å². The van der Waals surface area contributed by atoms with Crippen LogP contribution < -0.4 is 10.1 Å². The number of rotatable bonds is 6. The molecule has 32 heavy (non-hydrogen) atoms. The number of carbonyl (C=O) groups is 2. The topological polar surface area (TPSA) is 61.9 Å². The number of hydrogen-bond acceptors (Lipinski definition) is 4. The fraction of sp³-hybridized carbons (Fsp3) is 0.200. The third-order valence-corrected chi connectivity index (χ3v) is 5.26. The summed E-state index contributed by atoms with van der Waals surface area (Å²) in [4.78, 5) is 28.8. The van der Waals surface area contributed by atoms with Crippen molar-refractivity contribution in [2.45, 2.75) is 0 Å². The van der Waals surface area contributed by atoms with E-state index in [2.05, 4.69) is 5.32 Å². The molecule has 2 amide bonds. The van der Waals surface area contributed by atoms with Gasteiger partial charge in [-0.1, -0.05) is 42.5 Å². The molecule has 0 atom stereocenters. The highest BCUT2D eigenvalue weighted by molar-refractivity contribution is 5.95. The number of amides is 2. The van der Waals surface area contributed by atoms with Crippen molar-refractivity contribution in [3.63, 3.8) is 0 Å². The molecule has 0 spiro atoms. The van der Waals surface area contributed by atoms with Gasteiger partial charge in [0.25, 0.3) is 5.91 Å². The van der Waals surface area contributed by atoms with E-state index in [1.165, 1.54) is 12.1 Å². The predicted octanol–water partition coefficient (Wildman–Crippen LogP) is 4.01. The maximum absolute atomic E-state index is 13.9. The number of para-hydroxylation sites is 3. The number of benzene rings is 3. The molecular formula is C25H24FN3O3. The lowest BCUT2D eigenvalue weighted by atomic mass is 10.1. The molecule has 1 saturated heterocycles. The standard InChI is InChI=1S/C25H24FN3O3/c26-21-11-5-4-10-20(21)25(31)29-16-14-28(15-17-29)18-24(30)27-22-12-6-7-13-23(22)32-19-8-2-1-3-9-19/h1-13H,14-18H2,(H,27,30). The van der Waals surface area contributed by atoms with Gasteiger partial charge < -0.3 is 15.0 Å². The Bertz CT molecular complexity index is 1080. The summed E-state index contributed by atoms with van der Waals surface area (Å²) in [5.41, 5.74) is 0.670. The van der Waals surface area contributed by atoms with Crippen LogP contribution in [0.1, 0.15) is 10.4 Å². The molecule has 1 aliphatic heterocycles. The Balaban J connectivity index is 1.31. The van der Waals surface area contributed by atoms with E-state index in [1.54, 1.807) is 29.2 Å². The number of nitrogens with zero attached hydrogens (tertiary/aromatic N) is 2. The molecule has 0 saturated carbocycles. The van der Waals surface area contributed by atoms with Crippen LogP contribution in [-0.4, -0.2) is 54.3 Å². The SMILES string of the molecule is O=C(CN1CCN(C(=O)c2ccccc2F)CC1)Nc1ccccc1Oc1ccccc1. The van der Waals surface area contributed by atoms with Crippen molar-refractivity contribution in [3.05, 3.63) is 90.2 Å². The number of carbonyl (C=O) groups excluding carboxylic acids is 2. The van der Waals surface area contributed by atoms with Crippen LogP contribution in [0, 0.1) is 5.82 Å². The molecular weight excluding hydrogens is 409 g/mol. The summed E-state index contributed by atoms with van der Waals surface area (Å²) in [6.45, 7) is 2.15. The number of hydrogen-bond donors (Lipinski definition) is 1. The summed E-state index contributed by atoms with van der Waals surface area (Å²) >= 11 is 0. The molecule has 1 fully saturated rings. The van der Waals surface area contributed by atoms with Gasteiger partial charge in [0.1, 0.15) is 11.6 Å². The molecule has 0 aliphatic carbocycles. The lowest BCUT2D eigenvalue weighted by Crippen LogP contribution is -2.50. The highest BCUT2D eigenvalue weighted by Gasteiger charge is 2.25. The fourth-order valence-corrected chi connectivity index (χ4v) is 3.58. The smallest absolute Gasteiger partial charge is 0.256 e. The molecule has 7 heteroatoms. The van der Waals surface area contributed by atoms with E-state index >= 15 is 0 Å². The number of anilines is 1. The van der Waals surface area contributed by atoms with Crippen molar-refractivity contribution in [1.82, 2.24) is 9.80 Å². The summed E-state index contributed by atoms with van der Waals surface area (Å²) in [5, 5.41) is 2.91. The van der Waals surface area contributed by atoms with Crippen molar-refractivity contribution >= 4 is 17.5 Å². The molecule has 1 aliphatic rings. The molecule has 0 aromatic heterocycles. The van der Waals surface area contributed by atoms with E-state index < -0.39 is 5.82 Å². The first kappa shape index (κ1) is 21.5. The summed E-state index contributed by atoms with van der Waals surface area (Å²) in [7, 11) is 0. The second-order valence-electron chi connectivity index (χ2n) is 7.51. The minimum Gasteiger partial charge on any atom is -0.455 e. The lowest BCUT2D eigenvalue weighted by molar-refractivity contribution is -0.117. The van der Waals surface area contributed by atoms with Crippen LogP contribution >= 0.6 is 0 Å². The van der Waals surface area contributed by atoms with Crippen molar-refractivity contribution in [2.24, 2.45) is 0 Å². The van der Waals surface area contributed by atoms with Crippen LogP contribution in [0.3, 0.4) is 0 Å². The quantitative estimate of drug-likeness (QED) is 0.638. The van der Waals surface area contributed by atoms with Gasteiger partial charge in [0.15, 0.2) is 5.75 Å². The summed E-state index contributed by atoms with van der Waals surface area (Å²) in [6.07, 6.45) is 0. The first-order valence-corrected chi connectivity index (χ1v) is 10.5. The van der Waals surface area contributed by atoms with Crippen LogP contribution in [-0.2, 0) is 4.79 Å². The van der Waals surface area contributed by atoms with Crippen LogP contribution in [0.15, 0.2) is 78.9 Å². The molecule has 3 aromatic rings. The van der Waals surface area contributed by atoms with Crippen LogP contribution in [0.4, 0.5) is 10.1 Å². The highest BCUT2D eigenvalue weighted by Crippen LogP contribution is 2.29. The van der Waals surface area contributed by atoms with Crippen molar-refractivity contribution in [2.75, 3.05) is 38.0 Å². The Hall–Kier alpha value is -3.71. The van der Waals surface area contributed by atoms with Crippen molar-refractivity contribution in [1.29, 1.82) is 0 Å². The van der Waals surface area contributed by atoms with E-state index in [9.17, 15) is 14.0 Å². The summed E-state index contributed by atoms with van der Waals surface area (Å²) in [5.74, 6) is 0.245. The second kappa shape index (κ2) is 10.1. The molecule has 0 bridgehead atoms. The maximum Gasteiger partial charge on any atom is 0.256 e. The average molecular weight is 433 g/mol. The van der Waals surface area contributed by atoms with E-state index in [4.69, 9.17) is 4.74 Å². The zero-order chi connectivity index (χ0) is 22.3. The van der Waals surface area contributed by atoms with Gasteiger partial charge in [0, 0.05) is 26.2 Å². The van der Waals surface area contributed by atoms with Gasteiger partial charge in [0.05, 0.1) is 17.8 Å². The van der Waals surface area contributed by atoms with E-state index in [-0.39, 0.29) is 23.9 Å². The second-order valence-corrected chi connectivity index (χ2v) is 7.51. The van der Waals surface area contributed by atoms with E-state index in [1.807, 2.05) is 47.4 Å². The number of ether oxygens (including phenoxy) is 1. The number of piperazine rings is 1. The minimum absolute atomic E-state index is 0.0775. The first-order valence-electron chi connectivity index (χ1n) is 10.5. The van der Waals surface area contributed by atoms with Gasteiger partial charge >= 0.3 is 0 Å². The molecule has 1 heterocycles. The normalized spacial score (nSPS) is 14.1. The third kappa shape index (κ3) is 5.31. The maximum atomic E-state index is 13.9. The minimum atomic E-state index is -0.518. The fourth-order valence-electron chi connectivity index (χ4n) is 3.58. The van der Waals surface area contributed by atoms with Gasteiger partial charge in [-0.3, -0.25) is 14.5 Å². The van der Waals surface area contributed by atoms with Gasteiger partial charge in [-0.25, -0.2) is 4.39 Å². The zero-order valence-corrected chi connectivity index (χ0v) is 17.5. The molecule has 0 radical (unpaired) electrons. The average Bonchev–Trinajstić information content (AvgIpc) is 2.81. The Morgan fingerprint density at radius 2 is 1.50 bits per heavy atom. The lowest BCUT2D eigenvalue weighted by Gasteiger charge is -2.34.